The van der Waals surface area contributed by atoms with Crippen LogP contribution in [0.5, 0.6) is 0 Å². The van der Waals surface area contributed by atoms with E-state index in [1.807, 2.05) is 12.1 Å². The van der Waals surface area contributed by atoms with Gasteiger partial charge in [-0.2, -0.15) is 0 Å². The maximum Gasteiger partial charge on any atom is 0.266 e. The maximum atomic E-state index is 15.4. The van der Waals surface area contributed by atoms with Gasteiger partial charge < -0.3 is 4.90 Å². The average Bonchev–Trinajstić information content (AvgIpc) is 0.692. The van der Waals surface area contributed by atoms with Crippen LogP contribution in [0.2, 0.25) is 0 Å². The minimum Gasteiger partial charge on any atom is -0.311 e. The molecule has 690 valence electrons. The number of carbonyl (C=O) groups excluding carboxylic acids is 2. The first kappa shape index (κ1) is 88.9. The average molecular weight is 1870 g/mol. The molecular formula is C142H100N2O2. The van der Waals surface area contributed by atoms with Gasteiger partial charge in [-0.3, -0.25) is 9.59 Å². The fraction of sp³-hybridized carbons (Fsp3) is 0.0423. The molecule has 1 heterocycles. The van der Waals surface area contributed by atoms with Crippen molar-refractivity contribution >= 4 is 77.7 Å². The summed E-state index contributed by atoms with van der Waals surface area (Å²) >= 11 is 0. The van der Waals surface area contributed by atoms with Crippen molar-refractivity contribution in [1.82, 2.24) is 0 Å². The van der Waals surface area contributed by atoms with Crippen molar-refractivity contribution in [2.45, 2.75) is 39.5 Å². The van der Waals surface area contributed by atoms with Gasteiger partial charge in [0.05, 0.1) is 5.69 Å². The lowest BCUT2D eigenvalue weighted by atomic mass is 9.78. The standard InChI is InChI=1S/C142H100N2O2/c1-91(2)112-65-39-66-113(92(3)4)140(112)144-141(145)120-85-83-118-116-68-40-67-115-114(81-82-117(137(115)116)119-84-86-121(142(144)146)139(120)138(118)119)107-63-38-64-108(87-107)133-124(95-45-20-7-21-46-95)90-127(132(103-55-30-12-31-56-103)136(133)106-61-36-15-37-62-106)98-73-79-111(80-74-98)143(109-75-69-96(70-76-109)125-88-122(93-41-16-5-17-42-93)128(99-47-22-8-23-48-99)134(104-57-32-13-33-58-104)130(125)101-51-26-10-27-52-101)110-77-71-97(72-78-110)126-89-123(94-43-18-6-19-44-94)129(100-49-24-9-25-50-100)135(105-59-34-14-35-60-105)131(126)102-53-28-11-29-54-102/h5-92H,1-4H3. The third-order valence-electron chi connectivity index (χ3n) is 29.7. The minimum atomic E-state index is -0.291. The summed E-state index contributed by atoms with van der Waals surface area (Å²) in [5.74, 6) is -0.423. The third kappa shape index (κ3) is 15.7. The number of anilines is 4. The summed E-state index contributed by atoms with van der Waals surface area (Å²) in [4.78, 5) is 34.7. The van der Waals surface area contributed by atoms with E-state index in [0.29, 0.717) is 16.8 Å². The summed E-state index contributed by atoms with van der Waals surface area (Å²) in [6, 6.07) is 191. The van der Waals surface area contributed by atoms with Gasteiger partial charge >= 0.3 is 0 Å². The topological polar surface area (TPSA) is 40.6 Å². The maximum absolute atomic E-state index is 15.4. The van der Waals surface area contributed by atoms with Crippen LogP contribution < -0.4 is 9.80 Å². The van der Waals surface area contributed by atoms with E-state index in [0.717, 1.165) is 227 Å². The smallest absolute Gasteiger partial charge is 0.266 e. The summed E-state index contributed by atoms with van der Waals surface area (Å²) in [6.45, 7) is 8.52. The Morgan fingerprint density at radius 2 is 0.390 bits per heavy atom. The number of para-hydroxylation sites is 1. The van der Waals surface area contributed by atoms with E-state index in [1.165, 1.54) is 27.2 Å². The molecule has 1 aliphatic rings. The van der Waals surface area contributed by atoms with E-state index in [4.69, 9.17) is 0 Å². The van der Waals surface area contributed by atoms with Crippen molar-refractivity contribution in [2.75, 3.05) is 9.80 Å². The van der Waals surface area contributed by atoms with E-state index < -0.39 is 0 Å². The molecule has 0 aromatic heterocycles. The number of carbonyl (C=O) groups is 2. The number of amides is 2. The molecule has 0 aliphatic carbocycles. The molecule has 25 rings (SSSR count). The first-order valence-electron chi connectivity index (χ1n) is 50.6. The lowest BCUT2D eigenvalue weighted by molar-refractivity contribution is 0.0892. The molecular weight excluding hydrogens is 1770 g/mol. The van der Waals surface area contributed by atoms with E-state index >= 15 is 9.59 Å². The molecule has 0 saturated heterocycles. The lowest BCUT2D eigenvalue weighted by Crippen LogP contribution is -2.41. The second kappa shape index (κ2) is 37.8. The van der Waals surface area contributed by atoms with E-state index in [-0.39, 0.29) is 23.7 Å². The Morgan fingerprint density at radius 3 is 0.692 bits per heavy atom. The number of hydrogen-bond donors (Lipinski definition) is 0. The van der Waals surface area contributed by atoms with Gasteiger partial charge in [-0.05, 0) is 311 Å². The second-order valence-electron chi connectivity index (χ2n) is 38.9. The summed E-state index contributed by atoms with van der Waals surface area (Å²) < 4.78 is 0. The van der Waals surface area contributed by atoms with Gasteiger partial charge in [0.15, 0.2) is 0 Å². The van der Waals surface area contributed by atoms with Crippen molar-refractivity contribution in [1.29, 1.82) is 0 Å². The van der Waals surface area contributed by atoms with Crippen LogP contribution in [0, 0.1) is 0 Å². The first-order chi connectivity index (χ1) is 72.0. The highest BCUT2D eigenvalue weighted by molar-refractivity contribution is 6.43. The molecule has 0 spiro atoms. The van der Waals surface area contributed by atoms with Crippen LogP contribution in [-0.2, 0) is 0 Å². The number of fused-ring (bicyclic) bond motifs is 2. The highest BCUT2D eigenvalue weighted by Gasteiger charge is 2.39. The number of benzene rings is 24. The molecule has 0 N–H and O–H groups in total. The van der Waals surface area contributed by atoms with E-state index in [2.05, 4.69) is 542 Å². The fourth-order valence-electron chi connectivity index (χ4n) is 23.1. The van der Waals surface area contributed by atoms with E-state index in [9.17, 15) is 0 Å². The molecule has 0 atom stereocenters. The van der Waals surface area contributed by atoms with Crippen molar-refractivity contribution in [2.24, 2.45) is 0 Å². The molecule has 0 bridgehead atoms. The molecule has 4 nitrogen and oxygen atoms in total. The van der Waals surface area contributed by atoms with Gasteiger partial charge in [-0.15, -0.1) is 0 Å². The molecule has 0 saturated carbocycles. The highest BCUT2D eigenvalue weighted by atomic mass is 16.2. The quantitative estimate of drug-likeness (QED) is 0.0386. The molecule has 2 amide bonds. The minimum absolute atomic E-state index is 0.0798. The Kier molecular flexibility index (Phi) is 23.0. The van der Waals surface area contributed by atoms with Crippen molar-refractivity contribution in [3.05, 3.63) is 544 Å². The predicted molar refractivity (Wildman–Crippen MR) is 615 cm³/mol. The zero-order valence-corrected chi connectivity index (χ0v) is 81.5. The normalized spacial score (nSPS) is 12.0. The largest absolute Gasteiger partial charge is 0.311 e. The molecule has 4 heteroatoms. The van der Waals surface area contributed by atoms with Gasteiger partial charge in [0.1, 0.15) is 0 Å². The molecule has 0 fully saturated rings. The van der Waals surface area contributed by atoms with Crippen molar-refractivity contribution in [3.63, 3.8) is 0 Å². The number of hydrogen-bond acceptors (Lipinski definition) is 3. The van der Waals surface area contributed by atoms with Crippen molar-refractivity contribution in [3.8, 4) is 178 Å². The monoisotopic (exact) mass is 1860 g/mol. The summed E-state index contributed by atoms with van der Waals surface area (Å²) in [6.07, 6.45) is 0. The van der Waals surface area contributed by atoms with Crippen LogP contribution in [0.3, 0.4) is 0 Å². The molecule has 24 aromatic rings. The molecule has 0 unspecified atom stereocenters. The Balaban J connectivity index is 0.669. The zero-order valence-electron chi connectivity index (χ0n) is 81.5. The number of rotatable bonds is 22. The molecule has 146 heavy (non-hydrogen) atoms. The Labute approximate surface area is 852 Å². The van der Waals surface area contributed by atoms with Crippen LogP contribution in [0.4, 0.5) is 22.7 Å². The van der Waals surface area contributed by atoms with Gasteiger partial charge in [-0.1, -0.05) is 477 Å². The highest BCUT2D eigenvalue weighted by Crippen LogP contribution is 2.58. The Bertz CT molecular complexity index is 8730. The van der Waals surface area contributed by atoms with Gasteiger partial charge in [0, 0.05) is 33.6 Å². The summed E-state index contributed by atoms with van der Waals surface area (Å²) in [5.41, 5.74) is 42.5. The Hall–Kier alpha value is -18.5. The van der Waals surface area contributed by atoms with Gasteiger partial charge in [-0.25, -0.2) is 4.90 Å². The fourth-order valence-corrected chi connectivity index (χ4v) is 23.1. The number of imide groups is 1. The SMILES string of the molecule is CC(C)c1cccc(C(C)C)c1N1C(=O)c2ccc3c4cccc5c(-c6cccc(-c7c(-c8ccccc8)cc(-c8ccc(N(c9ccc(-c%10cc(-c%11ccccc%11)c(-c%11ccccc%11)c(-c%11ccccc%11)c%10-c%10ccccc%10)cc9)c9ccc(-c%10cc(-c%11ccccc%11)c(-c%11ccccc%11)c(-c%11ccccc%11)c%10-c%10ccccc%10)cc9)cc8)c(-c8ccccc8)c7-c7ccccc7)c6)ccc(c6ccc(c2c36)C1=O)c54. The zero-order chi connectivity index (χ0) is 98.0. The lowest BCUT2D eigenvalue weighted by Gasteiger charge is -2.32. The van der Waals surface area contributed by atoms with Crippen LogP contribution >= 0.6 is 0 Å². The summed E-state index contributed by atoms with van der Waals surface area (Å²) in [5, 5.41) is 8.04. The van der Waals surface area contributed by atoms with Crippen LogP contribution in [0.25, 0.3) is 221 Å². The van der Waals surface area contributed by atoms with Crippen molar-refractivity contribution < 1.29 is 9.59 Å². The third-order valence-corrected chi connectivity index (χ3v) is 29.7. The molecule has 1 aliphatic heterocycles. The molecule has 24 aromatic carbocycles. The van der Waals surface area contributed by atoms with Crippen LogP contribution in [0.15, 0.2) is 522 Å². The Morgan fingerprint density at radius 1 is 0.164 bits per heavy atom. The van der Waals surface area contributed by atoms with Crippen LogP contribution in [0.1, 0.15) is 71.4 Å². The van der Waals surface area contributed by atoms with E-state index in [1.54, 1.807) is 0 Å². The summed E-state index contributed by atoms with van der Waals surface area (Å²) in [7, 11) is 0. The van der Waals surface area contributed by atoms with Crippen LogP contribution in [-0.4, -0.2) is 11.8 Å². The second-order valence-corrected chi connectivity index (χ2v) is 38.9. The first-order valence-corrected chi connectivity index (χ1v) is 50.6. The predicted octanol–water partition coefficient (Wildman–Crippen LogP) is 38.9. The van der Waals surface area contributed by atoms with Gasteiger partial charge in [0.25, 0.3) is 11.8 Å². The molecule has 0 radical (unpaired) electrons. The van der Waals surface area contributed by atoms with Gasteiger partial charge in [0.2, 0.25) is 0 Å². The number of nitrogens with zero attached hydrogens (tertiary/aromatic N) is 2.